The molecule has 0 aromatic rings. The third kappa shape index (κ3) is 5.55. The van der Waals surface area contributed by atoms with E-state index < -0.39 is 10.0 Å². The van der Waals surface area contributed by atoms with Crippen molar-refractivity contribution in [2.75, 3.05) is 25.4 Å². The number of hydrogen-bond acceptors (Lipinski definition) is 4. The second-order valence-corrected chi connectivity index (χ2v) is 7.31. The van der Waals surface area contributed by atoms with Crippen LogP contribution in [0.1, 0.15) is 33.6 Å². The lowest BCUT2D eigenvalue weighted by Gasteiger charge is -2.38. The Morgan fingerprint density at radius 2 is 2.05 bits per heavy atom. The molecule has 1 rings (SSSR count). The minimum absolute atomic E-state index is 0. The fourth-order valence-corrected chi connectivity index (χ4v) is 4.07. The summed E-state index contributed by atoms with van der Waals surface area (Å²) in [5.74, 6) is 0.388. The maximum Gasteiger partial charge on any atom is 0.216 e. The summed E-state index contributed by atoms with van der Waals surface area (Å²) in [6.07, 6.45) is 2.03. The molecular weight excluding hydrogens is 288 g/mol. The first kappa shape index (κ1) is 19.1. The Balaban J connectivity index is 0.00000324. The minimum atomic E-state index is -3.24. The van der Waals surface area contributed by atoms with Crippen LogP contribution in [0.25, 0.3) is 0 Å². The lowest BCUT2D eigenvalue weighted by atomic mass is 9.93. The van der Waals surface area contributed by atoms with Crippen molar-refractivity contribution in [3.8, 4) is 0 Å². The topological polar surface area (TPSA) is 72.6 Å². The zero-order valence-electron chi connectivity index (χ0n) is 12.0. The highest BCUT2D eigenvalue weighted by Gasteiger charge is 2.35. The lowest BCUT2D eigenvalue weighted by molar-refractivity contribution is 0.0898. The molecule has 0 spiro atoms. The summed E-state index contributed by atoms with van der Waals surface area (Å²) in [5.41, 5.74) is 5.72. The highest BCUT2D eigenvalue weighted by molar-refractivity contribution is 7.89. The second-order valence-electron chi connectivity index (χ2n) is 5.27. The van der Waals surface area contributed by atoms with Gasteiger partial charge in [0.05, 0.1) is 18.5 Å². The fraction of sp³-hybridized carbons (Fsp3) is 1.00. The van der Waals surface area contributed by atoms with Gasteiger partial charge in [-0.05, 0) is 32.6 Å². The van der Waals surface area contributed by atoms with Gasteiger partial charge in [0, 0.05) is 19.1 Å². The Labute approximate surface area is 123 Å². The van der Waals surface area contributed by atoms with E-state index in [1.165, 1.54) is 0 Å². The first-order chi connectivity index (χ1) is 8.38. The standard InChI is InChI=1S/C12H26N2O3S.ClH/c1-10(2)17-7-8-18(15,16)14-6-4-5-11(3)12(14)9-13;/h10-12H,4-9,13H2,1-3H3;1H. The Morgan fingerprint density at radius 1 is 1.42 bits per heavy atom. The molecule has 0 radical (unpaired) electrons. The number of nitrogens with zero attached hydrogens (tertiary/aromatic N) is 1. The van der Waals surface area contributed by atoms with Gasteiger partial charge in [-0.25, -0.2) is 8.42 Å². The van der Waals surface area contributed by atoms with Gasteiger partial charge in [-0.15, -0.1) is 12.4 Å². The van der Waals surface area contributed by atoms with Crippen LogP contribution in [-0.4, -0.2) is 50.3 Å². The van der Waals surface area contributed by atoms with Crippen LogP contribution in [0.3, 0.4) is 0 Å². The molecule has 0 saturated carbocycles. The van der Waals surface area contributed by atoms with Gasteiger partial charge in [0.1, 0.15) is 0 Å². The van der Waals surface area contributed by atoms with E-state index in [4.69, 9.17) is 10.5 Å². The summed E-state index contributed by atoms with van der Waals surface area (Å²) in [4.78, 5) is 0. The highest BCUT2D eigenvalue weighted by Crippen LogP contribution is 2.25. The van der Waals surface area contributed by atoms with Crippen LogP contribution in [0.4, 0.5) is 0 Å². The Bertz CT molecular complexity index is 349. The van der Waals surface area contributed by atoms with E-state index in [0.717, 1.165) is 12.8 Å². The van der Waals surface area contributed by atoms with Crippen molar-refractivity contribution in [1.29, 1.82) is 0 Å². The first-order valence-electron chi connectivity index (χ1n) is 6.69. The zero-order valence-corrected chi connectivity index (χ0v) is 13.7. The maximum absolute atomic E-state index is 12.3. The first-order valence-corrected chi connectivity index (χ1v) is 8.30. The summed E-state index contributed by atoms with van der Waals surface area (Å²) >= 11 is 0. The predicted molar refractivity (Wildman–Crippen MR) is 80.1 cm³/mol. The van der Waals surface area contributed by atoms with Gasteiger partial charge in [-0.1, -0.05) is 6.92 Å². The molecule has 5 nitrogen and oxygen atoms in total. The number of ether oxygens (including phenoxy) is 1. The number of halogens is 1. The van der Waals surface area contributed by atoms with Crippen LogP contribution < -0.4 is 5.73 Å². The molecule has 0 aromatic carbocycles. The normalized spacial score (nSPS) is 25.3. The van der Waals surface area contributed by atoms with E-state index >= 15 is 0 Å². The molecule has 2 unspecified atom stereocenters. The van der Waals surface area contributed by atoms with E-state index in [-0.39, 0.29) is 36.9 Å². The van der Waals surface area contributed by atoms with Crippen LogP contribution >= 0.6 is 12.4 Å². The van der Waals surface area contributed by atoms with Gasteiger partial charge >= 0.3 is 0 Å². The molecular formula is C12H27ClN2O3S. The lowest BCUT2D eigenvalue weighted by Crippen LogP contribution is -2.52. The van der Waals surface area contributed by atoms with Gasteiger partial charge in [-0.3, -0.25) is 0 Å². The number of nitrogens with two attached hydrogens (primary N) is 1. The summed E-state index contributed by atoms with van der Waals surface area (Å²) < 4.78 is 31.5. The Kier molecular flexibility index (Phi) is 8.47. The van der Waals surface area contributed by atoms with Crippen molar-refractivity contribution >= 4 is 22.4 Å². The average Bonchev–Trinajstić information content (AvgIpc) is 2.27. The third-order valence-corrected chi connectivity index (χ3v) is 5.31. The molecule has 1 fully saturated rings. The molecule has 0 bridgehead atoms. The molecule has 2 N–H and O–H groups in total. The fourth-order valence-electron chi connectivity index (χ4n) is 2.41. The van der Waals surface area contributed by atoms with Gasteiger partial charge < -0.3 is 10.5 Å². The molecule has 1 aliphatic rings. The van der Waals surface area contributed by atoms with E-state index in [2.05, 4.69) is 6.92 Å². The molecule has 1 saturated heterocycles. The van der Waals surface area contributed by atoms with Crippen LogP contribution in [0.2, 0.25) is 0 Å². The van der Waals surface area contributed by atoms with Crippen molar-refractivity contribution in [3.05, 3.63) is 0 Å². The van der Waals surface area contributed by atoms with Crippen LogP contribution in [-0.2, 0) is 14.8 Å². The van der Waals surface area contributed by atoms with Crippen LogP contribution in [0, 0.1) is 5.92 Å². The summed E-state index contributed by atoms with van der Waals surface area (Å²) in [6, 6.07) is -0.0530. The summed E-state index contributed by atoms with van der Waals surface area (Å²) in [5, 5.41) is 0. The molecule has 0 amide bonds. The molecule has 2 atom stereocenters. The van der Waals surface area contributed by atoms with Crippen molar-refractivity contribution in [1.82, 2.24) is 4.31 Å². The van der Waals surface area contributed by atoms with Gasteiger partial charge in [0.2, 0.25) is 10.0 Å². The second kappa shape index (κ2) is 8.42. The third-order valence-electron chi connectivity index (χ3n) is 3.46. The van der Waals surface area contributed by atoms with Crippen molar-refractivity contribution in [2.24, 2.45) is 11.7 Å². The number of sulfonamides is 1. The van der Waals surface area contributed by atoms with E-state index in [1.54, 1.807) is 4.31 Å². The molecule has 0 aliphatic carbocycles. The smallest absolute Gasteiger partial charge is 0.216 e. The maximum atomic E-state index is 12.3. The van der Waals surface area contributed by atoms with E-state index in [0.29, 0.717) is 19.0 Å². The summed E-state index contributed by atoms with van der Waals surface area (Å²) in [6.45, 7) is 7.12. The molecule has 7 heteroatoms. The zero-order chi connectivity index (χ0) is 13.8. The van der Waals surface area contributed by atoms with Crippen LogP contribution in [0.5, 0.6) is 0 Å². The molecule has 0 aromatic heterocycles. The Hall–Kier alpha value is 0.120. The quantitative estimate of drug-likeness (QED) is 0.800. The van der Waals surface area contributed by atoms with Gasteiger partial charge in [0.15, 0.2) is 0 Å². The Morgan fingerprint density at radius 3 is 2.58 bits per heavy atom. The largest absolute Gasteiger partial charge is 0.378 e. The number of hydrogen-bond donors (Lipinski definition) is 1. The monoisotopic (exact) mass is 314 g/mol. The molecule has 116 valence electrons. The number of rotatable bonds is 6. The molecule has 1 heterocycles. The SMILES string of the molecule is CC(C)OCCS(=O)(=O)N1CCCC(C)C1CN.Cl. The van der Waals surface area contributed by atoms with E-state index in [9.17, 15) is 8.42 Å². The van der Waals surface area contributed by atoms with Crippen molar-refractivity contribution in [3.63, 3.8) is 0 Å². The van der Waals surface area contributed by atoms with Crippen molar-refractivity contribution < 1.29 is 13.2 Å². The average molecular weight is 315 g/mol. The summed E-state index contributed by atoms with van der Waals surface area (Å²) in [7, 11) is -3.24. The molecule has 19 heavy (non-hydrogen) atoms. The molecule has 1 aliphatic heterocycles. The predicted octanol–water partition coefficient (Wildman–Crippen LogP) is 1.22. The van der Waals surface area contributed by atoms with Gasteiger partial charge in [-0.2, -0.15) is 4.31 Å². The van der Waals surface area contributed by atoms with Crippen molar-refractivity contribution in [2.45, 2.75) is 45.8 Å². The van der Waals surface area contributed by atoms with Crippen LogP contribution in [0.15, 0.2) is 0 Å². The van der Waals surface area contributed by atoms with Gasteiger partial charge in [0.25, 0.3) is 0 Å². The number of piperidine rings is 1. The highest BCUT2D eigenvalue weighted by atomic mass is 35.5. The minimum Gasteiger partial charge on any atom is -0.378 e. The van der Waals surface area contributed by atoms with E-state index in [1.807, 2.05) is 13.8 Å².